The predicted octanol–water partition coefficient (Wildman–Crippen LogP) is 3.41. The Bertz CT molecular complexity index is 402. The lowest BCUT2D eigenvalue weighted by Gasteiger charge is -2.28. The highest BCUT2D eigenvalue weighted by atomic mass is 32.2. The van der Waals surface area contributed by atoms with E-state index in [1.165, 1.54) is 43.9 Å². The van der Waals surface area contributed by atoms with Crippen LogP contribution in [0.3, 0.4) is 0 Å². The fourth-order valence-electron chi connectivity index (χ4n) is 2.72. The first-order chi connectivity index (χ1) is 9.21. The van der Waals surface area contributed by atoms with Crippen molar-refractivity contribution < 1.29 is 0 Å². The lowest BCUT2D eigenvalue weighted by atomic mass is 9.81. The summed E-state index contributed by atoms with van der Waals surface area (Å²) in [5, 5.41) is 4.15. The van der Waals surface area contributed by atoms with Crippen LogP contribution in [0.4, 0.5) is 11.6 Å². The van der Waals surface area contributed by atoms with Gasteiger partial charge in [0.15, 0.2) is 5.16 Å². The molecule has 0 bridgehead atoms. The summed E-state index contributed by atoms with van der Waals surface area (Å²) in [6.07, 6.45) is 8.73. The summed E-state index contributed by atoms with van der Waals surface area (Å²) in [6.45, 7) is 3.30. The van der Waals surface area contributed by atoms with E-state index >= 15 is 0 Å². The Morgan fingerprint density at radius 3 is 2.58 bits per heavy atom. The van der Waals surface area contributed by atoms with Crippen molar-refractivity contribution in [2.45, 2.75) is 44.2 Å². The second-order valence-electron chi connectivity index (χ2n) is 5.34. The van der Waals surface area contributed by atoms with Gasteiger partial charge in [0.25, 0.3) is 0 Å². The van der Waals surface area contributed by atoms with E-state index in [1.807, 2.05) is 12.3 Å². The quantitative estimate of drug-likeness (QED) is 0.639. The minimum atomic E-state index is 0.538. The first-order valence-corrected chi connectivity index (χ1v) is 8.36. The molecular weight excluding hydrogens is 256 g/mol. The molecule has 3 N–H and O–H groups in total. The molecule has 0 aromatic carbocycles. The van der Waals surface area contributed by atoms with Gasteiger partial charge in [-0.05, 0) is 30.9 Å². The van der Waals surface area contributed by atoms with Crippen LogP contribution in [0.25, 0.3) is 0 Å². The molecule has 0 amide bonds. The maximum atomic E-state index is 5.78. The molecule has 2 rings (SSSR count). The van der Waals surface area contributed by atoms with Gasteiger partial charge in [0.1, 0.15) is 11.6 Å². The molecule has 0 spiro atoms. The van der Waals surface area contributed by atoms with E-state index in [9.17, 15) is 0 Å². The fourth-order valence-corrected chi connectivity index (χ4v) is 3.10. The van der Waals surface area contributed by atoms with E-state index in [0.717, 1.165) is 29.4 Å². The van der Waals surface area contributed by atoms with Gasteiger partial charge in [-0.25, -0.2) is 9.97 Å². The van der Waals surface area contributed by atoms with Gasteiger partial charge in [0.2, 0.25) is 0 Å². The highest BCUT2D eigenvalue weighted by Gasteiger charge is 2.19. The molecule has 106 valence electrons. The standard InChI is InChI=1S/C14H24N4S/c1-3-10-4-6-11(7-5-10)9-16-13-8-12(15)17-14(18-13)19-2/h8,10-11H,3-7,9H2,1-2H3,(H3,15,16,17,18). The second kappa shape index (κ2) is 6.98. The number of aromatic nitrogens is 2. The summed E-state index contributed by atoms with van der Waals surface area (Å²) in [4.78, 5) is 8.59. The van der Waals surface area contributed by atoms with E-state index < -0.39 is 0 Å². The third kappa shape index (κ3) is 4.27. The zero-order valence-corrected chi connectivity index (χ0v) is 12.7. The maximum absolute atomic E-state index is 5.78. The van der Waals surface area contributed by atoms with E-state index in [2.05, 4.69) is 22.2 Å². The van der Waals surface area contributed by atoms with Crippen molar-refractivity contribution in [3.8, 4) is 0 Å². The molecular formula is C14H24N4S. The minimum Gasteiger partial charge on any atom is -0.383 e. The average Bonchev–Trinajstić information content (AvgIpc) is 2.45. The molecule has 1 saturated carbocycles. The van der Waals surface area contributed by atoms with Gasteiger partial charge in [0.05, 0.1) is 0 Å². The molecule has 1 aliphatic carbocycles. The fraction of sp³-hybridized carbons (Fsp3) is 0.714. The van der Waals surface area contributed by atoms with Gasteiger partial charge < -0.3 is 11.1 Å². The molecule has 0 atom stereocenters. The smallest absolute Gasteiger partial charge is 0.191 e. The molecule has 0 aliphatic heterocycles. The lowest BCUT2D eigenvalue weighted by molar-refractivity contribution is 0.278. The van der Waals surface area contributed by atoms with Crippen molar-refractivity contribution in [2.24, 2.45) is 11.8 Å². The summed E-state index contributed by atoms with van der Waals surface area (Å²) in [7, 11) is 0. The van der Waals surface area contributed by atoms with E-state index in [1.54, 1.807) is 0 Å². The molecule has 1 heterocycles. The number of nitrogens with two attached hydrogens (primary N) is 1. The minimum absolute atomic E-state index is 0.538. The van der Waals surface area contributed by atoms with Crippen molar-refractivity contribution >= 4 is 23.4 Å². The van der Waals surface area contributed by atoms with Crippen molar-refractivity contribution in [1.82, 2.24) is 9.97 Å². The summed E-state index contributed by atoms with van der Waals surface area (Å²) < 4.78 is 0. The van der Waals surface area contributed by atoms with E-state index in [0.29, 0.717) is 5.82 Å². The number of nitrogens with zero attached hydrogens (tertiary/aromatic N) is 2. The highest BCUT2D eigenvalue weighted by molar-refractivity contribution is 7.98. The average molecular weight is 280 g/mol. The number of anilines is 2. The lowest BCUT2D eigenvalue weighted by Crippen LogP contribution is -2.21. The molecule has 19 heavy (non-hydrogen) atoms. The number of nitrogens with one attached hydrogen (secondary N) is 1. The summed E-state index contributed by atoms with van der Waals surface area (Å²) in [6, 6.07) is 1.82. The number of rotatable bonds is 5. The highest BCUT2D eigenvalue weighted by Crippen LogP contribution is 2.30. The Morgan fingerprint density at radius 2 is 1.95 bits per heavy atom. The van der Waals surface area contributed by atoms with E-state index in [4.69, 9.17) is 5.73 Å². The molecule has 1 aromatic rings. The molecule has 1 aliphatic rings. The zero-order valence-electron chi connectivity index (χ0n) is 11.9. The molecule has 1 aromatic heterocycles. The maximum Gasteiger partial charge on any atom is 0.191 e. The van der Waals surface area contributed by atoms with Crippen LogP contribution < -0.4 is 11.1 Å². The topological polar surface area (TPSA) is 63.8 Å². The third-order valence-electron chi connectivity index (χ3n) is 4.02. The van der Waals surface area contributed by atoms with Gasteiger partial charge >= 0.3 is 0 Å². The monoisotopic (exact) mass is 280 g/mol. The van der Waals surface area contributed by atoms with Crippen LogP contribution in [0, 0.1) is 11.8 Å². The van der Waals surface area contributed by atoms with Crippen molar-refractivity contribution in [2.75, 3.05) is 23.9 Å². The Hall–Kier alpha value is -0.970. The summed E-state index contributed by atoms with van der Waals surface area (Å²) in [5.74, 6) is 3.12. The Kier molecular flexibility index (Phi) is 5.31. The molecule has 0 radical (unpaired) electrons. The Morgan fingerprint density at radius 1 is 1.26 bits per heavy atom. The first kappa shape index (κ1) is 14.4. The predicted molar refractivity (Wildman–Crippen MR) is 82.5 cm³/mol. The molecule has 4 nitrogen and oxygen atoms in total. The van der Waals surface area contributed by atoms with Gasteiger partial charge in [0, 0.05) is 12.6 Å². The van der Waals surface area contributed by atoms with Gasteiger partial charge in [-0.2, -0.15) is 0 Å². The number of hydrogen-bond acceptors (Lipinski definition) is 5. The number of nitrogen functional groups attached to an aromatic ring is 1. The third-order valence-corrected chi connectivity index (χ3v) is 4.57. The Labute approximate surface area is 120 Å². The van der Waals surface area contributed by atoms with Crippen LogP contribution in [-0.4, -0.2) is 22.8 Å². The summed E-state index contributed by atoms with van der Waals surface area (Å²) >= 11 is 1.52. The van der Waals surface area contributed by atoms with Crippen LogP contribution in [0.1, 0.15) is 39.0 Å². The van der Waals surface area contributed by atoms with Crippen LogP contribution in [0.15, 0.2) is 11.2 Å². The van der Waals surface area contributed by atoms with E-state index in [-0.39, 0.29) is 0 Å². The molecule has 1 fully saturated rings. The Balaban J connectivity index is 1.84. The van der Waals surface area contributed by atoms with Crippen LogP contribution in [0.2, 0.25) is 0 Å². The van der Waals surface area contributed by atoms with Crippen molar-refractivity contribution in [3.63, 3.8) is 0 Å². The molecule has 5 heteroatoms. The zero-order chi connectivity index (χ0) is 13.7. The normalized spacial score (nSPS) is 23.3. The molecule has 0 unspecified atom stereocenters. The van der Waals surface area contributed by atoms with Crippen LogP contribution in [-0.2, 0) is 0 Å². The van der Waals surface area contributed by atoms with Gasteiger partial charge in [-0.1, -0.05) is 37.9 Å². The molecule has 0 saturated heterocycles. The first-order valence-electron chi connectivity index (χ1n) is 7.13. The van der Waals surface area contributed by atoms with Crippen LogP contribution in [0.5, 0.6) is 0 Å². The number of thioether (sulfide) groups is 1. The largest absolute Gasteiger partial charge is 0.383 e. The van der Waals surface area contributed by atoms with Crippen molar-refractivity contribution in [1.29, 1.82) is 0 Å². The van der Waals surface area contributed by atoms with Gasteiger partial charge in [-0.15, -0.1) is 0 Å². The second-order valence-corrected chi connectivity index (χ2v) is 6.11. The van der Waals surface area contributed by atoms with Gasteiger partial charge in [-0.3, -0.25) is 0 Å². The van der Waals surface area contributed by atoms with Crippen molar-refractivity contribution in [3.05, 3.63) is 6.07 Å². The van der Waals surface area contributed by atoms with Crippen LogP contribution >= 0.6 is 11.8 Å². The summed E-state index contributed by atoms with van der Waals surface area (Å²) in [5.41, 5.74) is 5.78. The number of hydrogen-bond donors (Lipinski definition) is 2. The SMILES string of the molecule is CCC1CCC(CNc2cc(N)nc(SC)n2)CC1.